The number of nitrogens with zero attached hydrogens (tertiary/aromatic N) is 1. The molecule has 1 N–H and O–H groups in total. The monoisotopic (exact) mass is 287 g/mol. The van der Waals surface area contributed by atoms with Crippen LogP contribution in [0.2, 0.25) is 0 Å². The van der Waals surface area contributed by atoms with Gasteiger partial charge in [-0.1, -0.05) is 37.1 Å². The summed E-state index contributed by atoms with van der Waals surface area (Å²) in [5.74, 6) is 0.135. The van der Waals surface area contributed by atoms with Gasteiger partial charge in [0, 0.05) is 12.6 Å². The summed E-state index contributed by atoms with van der Waals surface area (Å²) in [5.41, 5.74) is 2.18. The first kappa shape index (κ1) is 14.6. The van der Waals surface area contributed by atoms with Crippen LogP contribution in [0.15, 0.2) is 24.3 Å². The van der Waals surface area contributed by atoms with Crippen molar-refractivity contribution in [1.82, 2.24) is 4.90 Å². The fourth-order valence-corrected chi connectivity index (χ4v) is 4.19. The summed E-state index contributed by atoms with van der Waals surface area (Å²) < 4.78 is 0. The van der Waals surface area contributed by atoms with Gasteiger partial charge in [0.15, 0.2) is 0 Å². The molecule has 1 aliphatic heterocycles. The average molecular weight is 287 g/mol. The lowest BCUT2D eigenvalue weighted by molar-refractivity contribution is -0.136. The zero-order valence-corrected chi connectivity index (χ0v) is 12.6. The molecule has 0 radical (unpaired) electrons. The Morgan fingerprint density at radius 1 is 1.10 bits per heavy atom. The van der Waals surface area contributed by atoms with Crippen LogP contribution in [0, 0.1) is 5.92 Å². The zero-order valence-electron chi connectivity index (χ0n) is 12.6. The molecule has 1 saturated heterocycles. The number of aliphatic carboxylic acids is 1. The molecule has 2 atom stereocenters. The SMILES string of the molecule is O=C(O)Cc1ccccc1CN1CCC[C@H]2CCCC[C@H]21. The summed E-state index contributed by atoms with van der Waals surface area (Å²) >= 11 is 0. The summed E-state index contributed by atoms with van der Waals surface area (Å²) in [5, 5.41) is 9.07. The topological polar surface area (TPSA) is 40.5 Å². The van der Waals surface area contributed by atoms with Crippen LogP contribution < -0.4 is 0 Å². The van der Waals surface area contributed by atoms with Gasteiger partial charge in [0.25, 0.3) is 0 Å². The Kier molecular flexibility index (Phi) is 4.59. The first-order valence-electron chi connectivity index (χ1n) is 8.26. The quantitative estimate of drug-likeness (QED) is 0.922. The molecular weight excluding hydrogens is 262 g/mol. The average Bonchev–Trinajstić information content (AvgIpc) is 2.49. The summed E-state index contributed by atoms with van der Waals surface area (Å²) in [6.45, 7) is 2.09. The van der Waals surface area contributed by atoms with Crippen molar-refractivity contribution < 1.29 is 9.90 Å². The van der Waals surface area contributed by atoms with Gasteiger partial charge in [0.05, 0.1) is 6.42 Å². The molecule has 0 unspecified atom stereocenters. The van der Waals surface area contributed by atoms with E-state index >= 15 is 0 Å². The highest BCUT2D eigenvalue weighted by atomic mass is 16.4. The standard InChI is InChI=1S/C18H25NO2/c20-18(21)12-15-7-1-2-8-16(15)13-19-11-5-9-14-6-3-4-10-17(14)19/h1-2,7-8,14,17H,3-6,9-13H2,(H,20,21)/t14-,17-/m1/s1. The lowest BCUT2D eigenvalue weighted by atomic mass is 9.78. The van der Waals surface area contributed by atoms with E-state index in [-0.39, 0.29) is 6.42 Å². The number of hydrogen-bond acceptors (Lipinski definition) is 2. The van der Waals surface area contributed by atoms with E-state index in [1.807, 2.05) is 18.2 Å². The van der Waals surface area contributed by atoms with Crippen molar-refractivity contribution in [3.8, 4) is 0 Å². The van der Waals surface area contributed by atoms with Crippen LogP contribution in [0.5, 0.6) is 0 Å². The normalized spacial score (nSPS) is 26.3. The molecular formula is C18H25NO2. The highest BCUT2D eigenvalue weighted by molar-refractivity contribution is 5.70. The van der Waals surface area contributed by atoms with Crippen LogP contribution >= 0.6 is 0 Å². The highest BCUT2D eigenvalue weighted by Gasteiger charge is 2.33. The van der Waals surface area contributed by atoms with Gasteiger partial charge in [-0.05, 0) is 49.3 Å². The Bertz CT molecular complexity index is 498. The van der Waals surface area contributed by atoms with Crippen LogP contribution in [0.3, 0.4) is 0 Å². The van der Waals surface area contributed by atoms with Gasteiger partial charge in [-0.25, -0.2) is 0 Å². The fraction of sp³-hybridized carbons (Fsp3) is 0.611. The van der Waals surface area contributed by atoms with E-state index < -0.39 is 5.97 Å². The smallest absolute Gasteiger partial charge is 0.307 e. The Morgan fingerprint density at radius 2 is 1.81 bits per heavy atom. The molecule has 3 nitrogen and oxygen atoms in total. The van der Waals surface area contributed by atoms with Crippen molar-refractivity contribution in [2.24, 2.45) is 5.92 Å². The van der Waals surface area contributed by atoms with Crippen LogP contribution in [0.4, 0.5) is 0 Å². The van der Waals surface area contributed by atoms with E-state index in [1.54, 1.807) is 0 Å². The van der Waals surface area contributed by atoms with Crippen molar-refractivity contribution in [1.29, 1.82) is 0 Å². The summed E-state index contributed by atoms with van der Waals surface area (Å²) in [7, 11) is 0. The van der Waals surface area contributed by atoms with Crippen LogP contribution in [-0.4, -0.2) is 28.6 Å². The molecule has 1 aromatic carbocycles. The van der Waals surface area contributed by atoms with Crippen molar-refractivity contribution in [3.05, 3.63) is 35.4 Å². The maximum atomic E-state index is 11.0. The highest BCUT2D eigenvalue weighted by Crippen LogP contribution is 2.36. The Morgan fingerprint density at radius 3 is 2.62 bits per heavy atom. The molecule has 0 spiro atoms. The van der Waals surface area contributed by atoms with E-state index in [4.69, 9.17) is 5.11 Å². The third-order valence-electron chi connectivity index (χ3n) is 5.19. The van der Waals surface area contributed by atoms with Crippen molar-refractivity contribution in [2.45, 2.75) is 57.5 Å². The molecule has 1 saturated carbocycles. The van der Waals surface area contributed by atoms with Crippen molar-refractivity contribution in [3.63, 3.8) is 0 Å². The Balaban J connectivity index is 1.74. The van der Waals surface area contributed by atoms with Crippen molar-refractivity contribution >= 4 is 5.97 Å². The molecule has 3 heteroatoms. The number of carbonyl (C=O) groups is 1. The number of rotatable bonds is 4. The minimum Gasteiger partial charge on any atom is -0.481 e. The third kappa shape index (κ3) is 3.46. The first-order chi connectivity index (χ1) is 10.2. The predicted octanol–water partition coefficient (Wildman–Crippen LogP) is 3.47. The third-order valence-corrected chi connectivity index (χ3v) is 5.19. The summed E-state index contributed by atoms with van der Waals surface area (Å²) in [4.78, 5) is 13.6. The largest absolute Gasteiger partial charge is 0.481 e. The van der Waals surface area contributed by atoms with E-state index in [2.05, 4.69) is 11.0 Å². The number of likely N-dealkylation sites (tertiary alicyclic amines) is 1. The van der Waals surface area contributed by atoms with E-state index in [0.29, 0.717) is 0 Å². The van der Waals surface area contributed by atoms with Gasteiger partial charge in [-0.3, -0.25) is 9.69 Å². The molecule has 2 fully saturated rings. The molecule has 0 aromatic heterocycles. The van der Waals surface area contributed by atoms with E-state index in [9.17, 15) is 4.79 Å². The number of benzene rings is 1. The van der Waals surface area contributed by atoms with Crippen molar-refractivity contribution in [2.75, 3.05) is 6.54 Å². The van der Waals surface area contributed by atoms with Crippen LogP contribution in [0.1, 0.15) is 49.7 Å². The van der Waals surface area contributed by atoms with Gasteiger partial charge in [-0.15, -0.1) is 0 Å². The first-order valence-corrected chi connectivity index (χ1v) is 8.26. The second-order valence-corrected chi connectivity index (χ2v) is 6.56. The number of carboxylic acids is 1. The molecule has 3 rings (SSSR count). The minimum absolute atomic E-state index is 0.137. The second kappa shape index (κ2) is 6.61. The Labute approximate surface area is 127 Å². The molecule has 1 aliphatic carbocycles. The number of carboxylic acid groups (broad SMARTS) is 1. The molecule has 21 heavy (non-hydrogen) atoms. The number of piperidine rings is 1. The molecule has 2 aliphatic rings. The summed E-state index contributed by atoms with van der Waals surface area (Å²) in [6.07, 6.45) is 8.28. The maximum absolute atomic E-state index is 11.0. The minimum atomic E-state index is -0.739. The van der Waals surface area contributed by atoms with Gasteiger partial charge in [0.2, 0.25) is 0 Å². The lowest BCUT2D eigenvalue weighted by Crippen LogP contribution is -2.46. The fourth-order valence-electron chi connectivity index (χ4n) is 4.19. The van der Waals surface area contributed by atoms with Gasteiger partial charge >= 0.3 is 5.97 Å². The summed E-state index contributed by atoms with van der Waals surface area (Å²) in [6, 6.07) is 8.77. The molecule has 0 bridgehead atoms. The second-order valence-electron chi connectivity index (χ2n) is 6.56. The van der Waals surface area contributed by atoms with Crippen LogP contribution in [0.25, 0.3) is 0 Å². The van der Waals surface area contributed by atoms with Gasteiger partial charge in [-0.2, -0.15) is 0 Å². The maximum Gasteiger partial charge on any atom is 0.307 e. The van der Waals surface area contributed by atoms with Gasteiger partial charge < -0.3 is 5.11 Å². The Hall–Kier alpha value is -1.35. The lowest BCUT2D eigenvalue weighted by Gasteiger charge is -2.44. The molecule has 114 valence electrons. The van der Waals surface area contributed by atoms with Crippen LogP contribution in [-0.2, 0) is 17.8 Å². The zero-order chi connectivity index (χ0) is 14.7. The molecule has 1 heterocycles. The predicted molar refractivity (Wildman–Crippen MR) is 83.2 cm³/mol. The molecule has 0 amide bonds. The number of fused-ring (bicyclic) bond motifs is 1. The van der Waals surface area contributed by atoms with Gasteiger partial charge in [0.1, 0.15) is 0 Å². The van der Waals surface area contributed by atoms with E-state index in [0.717, 1.165) is 24.1 Å². The number of hydrogen-bond donors (Lipinski definition) is 1. The molecule has 1 aromatic rings. The van der Waals surface area contributed by atoms with E-state index in [1.165, 1.54) is 50.6 Å².